The summed E-state index contributed by atoms with van der Waals surface area (Å²) in [5.74, 6) is 0.0469. The highest BCUT2D eigenvalue weighted by Crippen LogP contribution is 2.34. The number of piperazine rings is 1. The molecule has 2 N–H and O–H groups in total. The first-order valence-corrected chi connectivity index (χ1v) is 14.4. The van der Waals surface area contributed by atoms with Gasteiger partial charge in [-0.15, -0.1) is 0 Å². The molecule has 1 aromatic heterocycles. The van der Waals surface area contributed by atoms with E-state index in [0.29, 0.717) is 28.5 Å². The van der Waals surface area contributed by atoms with Crippen LogP contribution in [0.5, 0.6) is 5.88 Å². The Morgan fingerprint density at radius 3 is 2.21 bits per heavy atom. The predicted octanol–water partition coefficient (Wildman–Crippen LogP) is 6.61. The fraction of sp³-hybridized carbons (Fsp3) is 0.176. The van der Waals surface area contributed by atoms with Crippen molar-refractivity contribution < 1.29 is 9.90 Å². The number of para-hydroxylation sites is 1. The van der Waals surface area contributed by atoms with Crippen LogP contribution in [0.25, 0.3) is 10.9 Å². The molecule has 8 heteroatoms. The monoisotopic (exact) mass is 577 g/mol. The fourth-order valence-corrected chi connectivity index (χ4v) is 5.52. The van der Waals surface area contributed by atoms with Gasteiger partial charge in [0.2, 0.25) is 5.91 Å². The number of aromatic nitrogens is 1. The van der Waals surface area contributed by atoms with Gasteiger partial charge < -0.3 is 15.0 Å². The van der Waals surface area contributed by atoms with Crippen LogP contribution < -0.4 is 4.90 Å². The van der Waals surface area contributed by atoms with Crippen molar-refractivity contribution in [3.63, 3.8) is 0 Å². The number of aromatic amines is 1. The lowest BCUT2D eigenvalue weighted by atomic mass is 10.0. The number of carbonyl (C=O) groups is 1. The van der Waals surface area contributed by atoms with Gasteiger partial charge in [-0.2, -0.15) is 0 Å². The first kappa shape index (κ1) is 27.7. The maximum Gasteiger partial charge on any atom is 0.245 e. The minimum absolute atomic E-state index is 0.0226. The molecule has 0 radical (unpaired) electrons. The van der Waals surface area contributed by atoms with Crippen LogP contribution in [0.1, 0.15) is 11.1 Å². The second-order valence-electron chi connectivity index (χ2n) is 10.5. The Kier molecular flexibility index (Phi) is 8.06. The van der Waals surface area contributed by atoms with E-state index in [9.17, 15) is 9.90 Å². The average molecular weight is 578 g/mol. The summed E-state index contributed by atoms with van der Waals surface area (Å²) in [6, 6.07) is 32.6. The molecule has 0 atom stereocenters. The molecule has 42 heavy (non-hydrogen) atoms. The van der Waals surface area contributed by atoms with Gasteiger partial charge >= 0.3 is 0 Å². The Hall–Kier alpha value is -4.43. The van der Waals surface area contributed by atoms with Crippen molar-refractivity contribution in [3.8, 4) is 5.88 Å². The minimum atomic E-state index is 0.0226. The summed E-state index contributed by atoms with van der Waals surface area (Å²) in [6.45, 7) is 3.99. The number of rotatable bonds is 7. The van der Waals surface area contributed by atoms with Gasteiger partial charge in [-0.1, -0.05) is 66.2 Å². The molecule has 1 amide bonds. The van der Waals surface area contributed by atoms with Crippen molar-refractivity contribution in [2.45, 2.75) is 0 Å². The molecule has 6 rings (SSSR count). The smallest absolute Gasteiger partial charge is 0.245 e. The van der Waals surface area contributed by atoms with Gasteiger partial charge in [0.05, 0.1) is 29.0 Å². The zero-order valence-corrected chi connectivity index (χ0v) is 24.1. The largest absolute Gasteiger partial charge is 0.494 e. The standard InChI is InChI=1S/C34H32ClN5O2/c1-38-18-20-39(21-19-38)23-31(41)40(27-10-6-3-7-11-27)28-15-13-26(14-16-28)36-33(24-8-4-2-5-9-24)32-29-17-12-25(35)22-30(29)37-34(32)42/h2-17,22,37,42H,18-21,23H2,1H3. The van der Waals surface area contributed by atoms with E-state index in [4.69, 9.17) is 16.6 Å². The van der Waals surface area contributed by atoms with Gasteiger partial charge in [-0.3, -0.25) is 14.6 Å². The van der Waals surface area contributed by atoms with Crippen LogP contribution in [0.2, 0.25) is 5.02 Å². The minimum Gasteiger partial charge on any atom is -0.494 e. The topological polar surface area (TPSA) is 75.2 Å². The third-order valence-corrected chi connectivity index (χ3v) is 7.83. The van der Waals surface area contributed by atoms with Crippen molar-refractivity contribution in [1.29, 1.82) is 0 Å². The summed E-state index contributed by atoms with van der Waals surface area (Å²) >= 11 is 6.21. The van der Waals surface area contributed by atoms with Crippen LogP contribution >= 0.6 is 11.6 Å². The predicted molar refractivity (Wildman–Crippen MR) is 171 cm³/mol. The van der Waals surface area contributed by atoms with E-state index in [-0.39, 0.29) is 11.8 Å². The van der Waals surface area contributed by atoms with Gasteiger partial charge in [-0.25, -0.2) is 4.99 Å². The Morgan fingerprint density at radius 2 is 1.52 bits per heavy atom. The molecule has 0 aliphatic carbocycles. The first-order chi connectivity index (χ1) is 20.5. The number of nitrogens with one attached hydrogen (secondary N) is 1. The summed E-state index contributed by atoms with van der Waals surface area (Å²) in [6.07, 6.45) is 0. The number of carbonyl (C=O) groups excluding carboxylic acids is 1. The molecule has 4 aromatic carbocycles. The molecule has 1 saturated heterocycles. The number of anilines is 2. The highest BCUT2D eigenvalue weighted by molar-refractivity contribution is 6.31. The zero-order chi connectivity index (χ0) is 29.1. The van der Waals surface area contributed by atoms with E-state index in [0.717, 1.165) is 54.0 Å². The summed E-state index contributed by atoms with van der Waals surface area (Å²) in [4.78, 5) is 28.0. The molecule has 0 bridgehead atoms. The summed E-state index contributed by atoms with van der Waals surface area (Å²) in [5, 5.41) is 12.4. The molecular weight excluding hydrogens is 546 g/mol. The van der Waals surface area contributed by atoms with E-state index >= 15 is 0 Å². The van der Waals surface area contributed by atoms with Crippen LogP contribution in [0.3, 0.4) is 0 Å². The number of H-pyrrole nitrogens is 1. The molecule has 212 valence electrons. The van der Waals surface area contributed by atoms with Crippen LogP contribution in [-0.2, 0) is 4.79 Å². The molecule has 1 fully saturated rings. The number of amides is 1. The summed E-state index contributed by atoms with van der Waals surface area (Å²) < 4.78 is 0. The second kappa shape index (κ2) is 12.2. The fourth-order valence-electron chi connectivity index (χ4n) is 5.34. The van der Waals surface area contributed by atoms with Crippen molar-refractivity contribution in [2.24, 2.45) is 4.99 Å². The zero-order valence-electron chi connectivity index (χ0n) is 23.4. The summed E-state index contributed by atoms with van der Waals surface area (Å²) in [5.41, 5.74) is 5.10. The Bertz CT molecular complexity index is 1710. The second-order valence-corrected chi connectivity index (χ2v) is 11.0. The van der Waals surface area contributed by atoms with Crippen molar-refractivity contribution in [2.75, 3.05) is 44.7 Å². The maximum atomic E-state index is 13.7. The highest BCUT2D eigenvalue weighted by Gasteiger charge is 2.23. The third kappa shape index (κ3) is 5.94. The van der Waals surface area contributed by atoms with Crippen LogP contribution in [-0.4, -0.2) is 71.3 Å². The van der Waals surface area contributed by atoms with Crippen LogP contribution in [0.4, 0.5) is 17.1 Å². The molecule has 0 spiro atoms. The van der Waals surface area contributed by atoms with E-state index in [1.54, 1.807) is 17.0 Å². The van der Waals surface area contributed by atoms with Gasteiger partial charge in [0.1, 0.15) is 0 Å². The Labute approximate surface area is 250 Å². The molecule has 7 nitrogen and oxygen atoms in total. The van der Waals surface area contributed by atoms with Crippen LogP contribution in [0, 0.1) is 0 Å². The summed E-state index contributed by atoms with van der Waals surface area (Å²) in [7, 11) is 2.11. The number of nitrogens with zero attached hydrogens (tertiary/aromatic N) is 4. The van der Waals surface area contributed by atoms with E-state index < -0.39 is 0 Å². The number of fused-ring (bicyclic) bond motifs is 1. The molecule has 0 saturated carbocycles. The van der Waals surface area contributed by atoms with Crippen molar-refractivity contribution in [1.82, 2.24) is 14.8 Å². The quantitative estimate of drug-likeness (QED) is 0.214. The lowest BCUT2D eigenvalue weighted by Gasteiger charge is -2.33. The molecule has 5 aromatic rings. The van der Waals surface area contributed by atoms with Crippen LogP contribution in [0.15, 0.2) is 108 Å². The third-order valence-electron chi connectivity index (χ3n) is 7.59. The van der Waals surface area contributed by atoms with Gasteiger partial charge in [-0.05, 0) is 55.6 Å². The molecule has 0 unspecified atom stereocenters. The van der Waals surface area contributed by atoms with Gasteiger partial charge in [0, 0.05) is 53.5 Å². The lowest BCUT2D eigenvalue weighted by molar-refractivity contribution is -0.119. The Balaban J connectivity index is 1.36. The number of halogens is 1. The number of hydrogen-bond donors (Lipinski definition) is 2. The highest BCUT2D eigenvalue weighted by atomic mass is 35.5. The Morgan fingerprint density at radius 1 is 0.881 bits per heavy atom. The van der Waals surface area contributed by atoms with Crippen molar-refractivity contribution in [3.05, 3.63) is 119 Å². The lowest BCUT2D eigenvalue weighted by Crippen LogP contribution is -2.48. The number of aliphatic imine (C=N–C) groups is 1. The maximum absolute atomic E-state index is 13.7. The number of benzene rings is 4. The molecular formula is C34H32ClN5O2. The first-order valence-electron chi connectivity index (χ1n) is 14.0. The number of hydrogen-bond acceptors (Lipinski definition) is 5. The average Bonchev–Trinajstić information content (AvgIpc) is 3.33. The normalized spacial score (nSPS) is 14.8. The van der Waals surface area contributed by atoms with E-state index in [1.807, 2.05) is 91.0 Å². The van der Waals surface area contributed by atoms with Gasteiger partial charge in [0.25, 0.3) is 0 Å². The molecule has 2 heterocycles. The molecule has 1 aliphatic rings. The van der Waals surface area contributed by atoms with Gasteiger partial charge in [0.15, 0.2) is 5.88 Å². The molecule has 1 aliphatic heterocycles. The number of likely N-dealkylation sites (N-methyl/N-ethyl adjacent to an activating group) is 1. The van der Waals surface area contributed by atoms with Crippen molar-refractivity contribution >= 4 is 51.2 Å². The van der Waals surface area contributed by atoms with E-state index in [1.165, 1.54) is 0 Å². The SMILES string of the molecule is CN1CCN(CC(=O)N(c2ccccc2)c2ccc(N=C(c3ccccc3)c3c(O)[nH]c4cc(Cl)ccc34)cc2)CC1. The van der Waals surface area contributed by atoms with E-state index in [2.05, 4.69) is 21.8 Å². The number of aromatic hydroxyl groups is 1.